The molecule has 2 aliphatic heterocycles. The highest BCUT2D eigenvalue weighted by molar-refractivity contribution is 5.68. The number of piperidine rings is 1. The van der Waals surface area contributed by atoms with Crippen LogP contribution in [0.2, 0.25) is 0 Å². The summed E-state index contributed by atoms with van der Waals surface area (Å²) < 4.78 is 13.1. The van der Waals surface area contributed by atoms with Gasteiger partial charge in [-0.25, -0.2) is 4.79 Å². The molecule has 2 fully saturated rings. The summed E-state index contributed by atoms with van der Waals surface area (Å²) in [6, 6.07) is 0. The van der Waals surface area contributed by atoms with E-state index in [2.05, 4.69) is 23.6 Å². The first-order chi connectivity index (χ1) is 11.2. The molecule has 2 saturated heterocycles. The van der Waals surface area contributed by atoms with Gasteiger partial charge in [0.15, 0.2) is 0 Å². The predicted molar refractivity (Wildman–Crippen MR) is 91.2 cm³/mol. The van der Waals surface area contributed by atoms with Crippen molar-refractivity contribution in [2.75, 3.05) is 26.3 Å². The van der Waals surface area contributed by atoms with E-state index in [0.29, 0.717) is 5.92 Å². The Morgan fingerprint density at radius 3 is 2.46 bits per heavy atom. The van der Waals surface area contributed by atoms with Gasteiger partial charge in [0.25, 0.3) is 0 Å². The van der Waals surface area contributed by atoms with Crippen LogP contribution in [0.3, 0.4) is 0 Å². The molecule has 6 nitrogen and oxygen atoms in total. The van der Waals surface area contributed by atoms with E-state index in [-0.39, 0.29) is 11.6 Å². The third-order valence-corrected chi connectivity index (χ3v) is 4.87. The molecule has 0 atom stereocenters. The summed E-state index contributed by atoms with van der Waals surface area (Å²) in [5.74, 6) is 0.434. The number of rotatable bonds is 2. The maximum atomic E-state index is 12.2. The van der Waals surface area contributed by atoms with Crippen molar-refractivity contribution in [3.8, 4) is 0 Å². The van der Waals surface area contributed by atoms with Crippen molar-refractivity contribution in [2.24, 2.45) is 0 Å². The van der Waals surface area contributed by atoms with Crippen LogP contribution in [0.4, 0.5) is 4.79 Å². The second kappa shape index (κ2) is 6.06. The van der Waals surface area contributed by atoms with Gasteiger partial charge in [0.2, 0.25) is 0 Å². The zero-order chi connectivity index (χ0) is 17.5. The Morgan fingerprint density at radius 2 is 1.96 bits per heavy atom. The minimum atomic E-state index is -0.443. The van der Waals surface area contributed by atoms with Gasteiger partial charge in [-0.3, -0.25) is 4.68 Å². The molecule has 0 spiro atoms. The standard InChI is InChI=1S/C18H29N3O3/c1-13-10-19-21(18(5)11-23-12-18)15(13)14-6-8-20(9-7-14)16(22)24-17(2,3)4/h10,14H,6-9,11-12H2,1-5H3. The summed E-state index contributed by atoms with van der Waals surface area (Å²) in [5, 5.41) is 4.62. The molecule has 0 unspecified atom stereocenters. The maximum absolute atomic E-state index is 12.2. The molecule has 0 saturated carbocycles. The Labute approximate surface area is 144 Å². The number of carbonyl (C=O) groups excluding carboxylic acids is 1. The Hall–Kier alpha value is -1.56. The predicted octanol–water partition coefficient (Wildman–Crippen LogP) is 3.05. The van der Waals surface area contributed by atoms with Gasteiger partial charge < -0.3 is 14.4 Å². The quantitative estimate of drug-likeness (QED) is 0.833. The highest BCUT2D eigenvalue weighted by Gasteiger charge is 2.40. The third kappa shape index (κ3) is 3.29. The molecule has 2 aliphatic rings. The maximum Gasteiger partial charge on any atom is 0.410 e. The summed E-state index contributed by atoms with van der Waals surface area (Å²) in [4.78, 5) is 14.1. The van der Waals surface area contributed by atoms with Crippen LogP contribution < -0.4 is 0 Å². The molecule has 0 aromatic carbocycles. The lowest BCUT2D eigenvalue weighted by Crippen LogP contribution is -2.51. The monoisotopic (exact) mass is 335 g/mol. The second-order valence-electron chi connectivity index (χ2n) is 8.36. The highest BCUT2D eigenvalue weighted by atomic mass is 16.6. The van der Waals surface area contributed by atoms with Crippen LogP contribution in [-0.4, -0.2) is 52.7 Å². The molecule has 0 aliphatic carbocycles. The normalized spacial score (nSPS) is 21.5. The molecule has 0 N–H and O–H groups in total. The molecule has 134 valence electrons. The lowest BCUT2D eigenvalue weighted by molar-refractivity contribution is -0.0977. The number of ether oxygens (including phenoxy) is 2. The minimum Gasteiger partial charge on any atom is -0.444 e. The SMILES string of the molecule is Cc1cnn(C2(C)COC2)c1C1CCN(C(=O)OC(C)(C)C)CC1. The summed E-state index contributed by atoms with van der Waals surface area (Å²) in [6.07, 6.45) is 3.65. The van der Waals surface area contributed by atoms with Gasteiger partial charge >= 0.3 is 6.09 Å². The Kier molecular flexibility index (Phi) is 4.36. The van der Waals surface area contributed by atoms with E-state index in [1.54, 1.807) is 0 Å². The van der Waals surface area contributed by atoms with E-state index in [1.165, 1.54) is 11.3 Å². The average Bonchev–Trinajstić information content (AvgIpc) is 2.85. The summed E-state index contributed by atoms with van der Waals surface area (Å²) >= 11 is 0. The first-order valence-corrected chi connectivity index (χ1v) is 8.80. The number of carbonyl (C=O) groups is 1. The largest absolute Gasteiger partial charge is 0.444 e. The highest BCUT2D eigenvalue weighted by Crippen LogP contribution is 2.35. The third-order valence-electron chi connectivity index (χ3n) is 4.87. The number of amides is 1. The Balaban J connectivity index is 1.67. The Bertz CT molecular complexity index is 606. The van der Waals surface area contributed by atoms with E-state index in [4.69, 9.17) is 9.47 Å². The Morgan fingerprint density at radius 1 is 1.33 bits per heavy atom. The molecule has 6 heteroatoms. The van der Waals surface area contributed by atoms with Crippen molar-refractivity contribution < 1.29 is 14.3 Å². The fourth-order valence-electron chi connectivity index (χ4n) is 3.55. The van der Waals surface area contributed by atoms with Gasteiger partial charge in [-0.05, 0) is 53.0 Å². The van der Waals surface area contributed by atoms with Crippen LogP contribution in [0.15, 0.2) is 6.20 Å². The first-order valence-electron chi connectivity index (χ1n) is 8.80. The molecular weight excluding hydrogens is 306 g/mol. The molecule has 24 heavy (non-hydrogen) atoms. The molecule has 0 radical (unpaired) electrons. The number of aryl methyl sites for hydroxylation is 1. The molecule has 1 amide bonds. The number of hydrogen-bond donors (Lipinski definition) is 0. The fourth-order valence-corrected chi connectivity index (χ4v) is 3.55. The minimum absolute atomic E-state index is 0.0219. The lowest BCUT2D eigenvalue weighted by Gasteiger charge is -2.41. The van der Waals surface area contributed by atoms with Crippen LogP contribution in [0.5, 0.6) is 0 Å². The van der Waals surface area contributed by atoms with Crippen molar-refractivity contribution in [1.29, 1.82) is 0 Å². The van der Waals surface area contributed by atoms with Crippen LogP contribution >= 0.6 is 0 Å². The van der Waals surface area contributed by atoms with Crippen molar-refractivity contribution in [3.05, 3.63) is 17.5 Å². The molecule has 3 rings (SSSR count). The second-order valence-corrected chi connectivity index (χ2v) is 8.36. The number of aromatic nitrogens is 2. The van der Waals surface area contributed by atoms with E-state index >= 15 is 0 Å². The first kappa shape index (κ1) is 17.3. The molecule has 0 bridgehead atoms. The number of nitrogens with zero attached hydrogens (tertiary/aromatic N) is 3. The molecule has 1 aromatic rings. The van der Waals surface area contributed by atoms with Crippen molar-refractivity contribution in [1.82, 2.24) is 14.7 Å². The zero-order valence-corrected chi connectivity index (χ0v) is 15.5. The van der Waals surface area contributed by atoms with Crippen molar-refractivity contribution >= 4 is 6.09 Å². The van der Waals surface area contributed by atoms with Gasteiger partial charge in [0.05, 0.1) is 19.4 Å². The molecule has 3 heterocycles. The smallest absolute Gasteiger partial charge is 0.410 e. The number of likely N-dealkylation sites (tertiary alicyclic amines) is 1. The van der Waals surface area contributed by atoms with Crippen molar-refractivity contribution in [3.63, 3.8) is 0 Å². The van der Waals surface area contributed by atoms with Crippen LogP contribution in [0.1, 0.15) is 57.7 Å². The van der Waals surface area contributed by atoms with Gasteiger partial charge in [-0.15, -0.1) is 0 Å². The van der Waals surface area contributed by atoms with Gasteiger partial charge in [-0.1, -0.05) is 0 Å². The summed E-state index contributed by atoms with van der Waals surface area (Å²) in [7, 11) is 0. The average molecular weight is 335 g/mol. The summed E-state index contributed by atoms with van der Waals surface area (Å²) in [5.41, 5.74) is 2.08. The van der Waals surface area contributed by atoms with Crippen molar-refractivity contribution in [2.45, 2.75) is 64.5 Å². The van der Waals surface area contributed by atoms with Crippen LogP contribution in [-0.2, 0) is 15.0 Å². The number of hydrogen-bond acceptors (Lipinski definition) is 4. The lowest BCUT2D eigenvalue weighted by atomic mass is 9.89. The zero-order valence-electron chi connectivity index (χ0n) is 15.5. The van der Waals surface area contributed by atoms with E-state index < -0.39 is 5.60 Å². The molecular formula is C18H29N3O3. The fraction of sp³-hybridized carbons (Fsp3) is 0.778. The molecule has 1 aromatic heterocycles. The van der Waals surface area contributed by atoms with Crippen LogP contribution in [0.25, 0.3) is 0 Å². The van der Waals surface area contributed by atoms with Gasteiger partial charge in [0, 0.05) is 24.7 Å². The van der Waals surface area contributed by atoms with E-state index in [0.717, 1.165) is 39.1 Å². The van der Waals surface area contributed by atoms with Gasteiger partial charge in [-0.2, -0.15) is 5.10 Å². The summed E-state index contributed by atoms with van der Waals surface area (Å²) in [6.45, 7) is 12.9. The van der Waals surface area contributed by atoms with Gasteiger partial charge in [0.1, 0.15) is 11.1 Å². The van der Waals surface area contributed by atoms with E-state index in [9.17, 15) is 4.79 Å². The van der Waals surface area contributed by atoms with Crippen LogP contribution in [0, 0.1) is 6.92 Å². The van der Waals surface area contributed by atoms with E-state index in [1.807, 2.05) is 31.9 Å². The topological polar surface area (TPSA) is 56.6 Å².